The van der Waals surface area contributed by atoms with Gasteiger partial charge < -0.3 is 13.7 Å². The van der Waals surface area contributed by atoms with Crippen molar-refractivity contribution >= 4 is 82.5 Å². The lowest BCUT2D eigenvalue weighted by atomic mass is 10.0. The van der Waals surface area contributed by atoms with E-state index in [1.54, 1.807) is 0 Å². The molecule has 0 radical (unpaired) electrons. The van der Waals surface area contributed by atoms with Crippen LogP contribution in [-0.2, 0) is 0 Å². The summed E-state index contributed by atoms with van der Waals surface area (Å²) in [5.41, 5.74) is 8.95. The molecular formula is C44H27NO2. The molecule has 0 aliphatic rings. The van der Waals surface area contributed by atoms with Gasteiger partial charge in [0.1, 0.15) is 22.3 Å². The van der Waals surface area contributed by atoms with Gasteiger partial charge in [0, 0.05) is 39.3 Å². The molecule has 0 aliphatic carbocycles. The fourth-order valence-corrected chi connectivity index (χ4v) is 7.10. The molecule has 0 fully saturated rings. The Bertz CT molecular complexity index is 2790. The zero-order valence-electron chi connectivity index (χ0n) is 25.4. The number of benzene rings is 8. The highest BCUT2D eigenvalue weighted by molar-refractivity contribution is 6.23. The summed E-state index contributed by atoms with van der Waals surface area (Å²) < 4.78 is 13.1. The van der Waals surface area contributed by atoms with E-state index >= 15 is 0 Å². The topological polar surface area (TPSA) is 29.5 Å². The van der Waals surface area contributed by atoms with Crippen molar-refractivity contribution in [1.29, 1.82) is 0 Å². The first-order valence-electron chi connectivity index (χ1n) is 15.9. The van der Waals surface area contributed by atoms with E-state index in [-0.39, 0.29) is 0 Å². The molecule has 47 heavy (non-hydrogen) atoms. The number of hydrogen-bond donors (Lipinski definition) is 0. The Hall–Kier alpha value is -6.32. The SMILES string of the molecule is c1ccc(N(c2ccc(-c3ccc4ccccc4c3)cc2)c2ccc3c(c2)oc2ccc4c5cc6ccccc6cc5oc4c23)cc1. The van der Waals surface area contributed by atoms with Crippen LogP contribution in [0.25, 0.3) is 76.5 Å². The summed E-state index contributed by atoms with van der Waals surface area (Å²) in [6, 6.07) is 57.9. The second-order valence-corrected chi connectivity index (χ2v) is 12.2. The van der Waals surface area contributed by atoms with E-state index in [9.17, 15) is 0 Å². The number of rotatable bonds is 4. The molecule has 0 aliphatic heterocycles. The minimum atomic E-state index is 0.819. The minimum absolute atomic E-state index is 0.819. The third-order valence-corrected chi connectivity index (χ3v) is 9.40. The second kappa shape index (κ2) is 10.1. The molecule has 0 unspecified atom stereocenters. The third kappa shape index (κ3) is 4.14. The molecule has 0 saturated carbocycles. The van der Waals surface area contributed by atoms with Crippen LogP contribution in [0.4, 0.5) is 17.1 Å². The van der Waals surface area contributed by atoms with Crippen molar-refractivity contribution in [2.45, 2.75) is 0 Å². The molecule has 3 nitrogen and oxygen atoms in total. The number of hydrogen-bond acceptors (Lipinski definition) is 3. The molecule has 0 atom stereocenters. The second-order valence-electron chi connectivity index (χ2n) is 12.2. The number of nitrogens with zero attached hydrogens (tertiary/aromatic N) is 1. The molecular weight excluding hydrogens is 574 g/mol. The number of anilines is 3. The molecule has 0 saturated heterocycles. The van der Waals surface area contributed by atoms with Gasteiger partial charge in [0.15, 0.2) is 0 Å². The fourth-order valence-electron chi connectivity index (χ4n) is 7.10. The van der Waals surface area contributed by atoms with Gasteiger partial charge in [-0.2, -0.15) is 0 Å². The Morgan fingerprint density at radius 2 is 0.957 bits per heavy atom. The molecule has 10 aromatic rings. The Morgan fingerprint density at radius 1 is 0.340 bits per heavy atom. The molecule has 0 N–H and O–H groups in total. The number of para-hydroxylation sites is 1. The molecule has 0 bridgehead atoms. The van der Waals surface area contributed by atoms with E-state index in [0.29, 0.717) is 0 Å². The zero-order chi connectivity index (χ0) is 30.9. The van der Waals surface area contributed by atoms with Gasteiger partial charge in [0.05, 0.1) is 5.39 Å². The van der Waals surface area contributed by atoms with E-state index in [0.717, 1.165) is 60.9 Å². The van der Waals surface area contributed by atoms with Crippen molar-refractivity contribution < 1.29 is 8.83 Å². The van der Waals surface area contributed by atoms with E-state index in [2.05, 4.69) is 169 Å². The van der Waals surface area contributed by atoms with Crippen molar-refractivity contribution in [1.82, 2.24) is 0 Å². The van der Waals surface area contributed by atoms with Crippen LogP contribution in [0.3, 0.4) is 0 Å². The van der Waals surface area contributed by atoms with Crippen molar-refractivity contribution in [3.63, 3.8) is 0 Å². The Morgan fingerprint density at radius 3 is 1.77 bits per heavy atom. The maximum absolute atomic E-state index is 6.56. The van der Waals surface area contributed by atoms with E-state index < -0.39 is 0 Å². The quantitative estimate of drug-likeness (QED) is 0.201. The summed E-state index contributed by atoms with van der Waals surface area (Å²) in [5.74, 6) is 0. The van der Waals surface area contributed by atoms with Crippen LogP contribution in [-0.4, -0.2) is 0 Å². The van der Waals surface area contributed by atoms with Crippen LogP contribution in [0.15, 0.2) is 173 Å². The van der Waals surface area contributed by atoms with Gasteiger partial charge in [-0.15, -0.1) is 0 Å². The van der Waals surface area contributed by atoms with Crippen LogP contribution in [0.1, 0.15) is 0 Å². The van der Waals surface area contributed by atoms with Crippen LogP contribution < -0.4 is 4.90 Å². The molecule has 2 heterocycles. The normalized spacial score (nSPS) is 11.8. The molecule has 3 heteroatoms. The first-order chi connectivity index (χ1) is 23.3. The zero-order valence-corrected chi connectivity index (χ0v) is 25.4. The summed E-state index contributed by atoms with van der Waals surface area (Å²) in [5, 5.41) is 9.13. The van der Waals surface area contributed by atoms with E-state index in [4.69, 9.17) is 8.83 Å². The summed E-state index contributed by atoms with van der Waals surface area (Å²) in [7, 11) is 0. The fraction of sp³-hybridized carbons (Fsp3) is 0. The summed E-state index contributed by atoms with van der Waals surface area (Å²) in [6.45, 7) is 0. The Labute approximate surface area is 270 Å². The summed E-state index contributed by atoms with van der Waals surface area (Å²) in [4.78, 5) is 2.28. The predicted octanol–water partition coefficient (Wildman–Crippen LogP) is 12.9. The first-order valence-corrected chi connectivity index (χ1v) is 15.9. The van der Waals surface area contributed by atoms with Gasteiger partial charge in [0.2, 0.25) is 0 Å². The molecule has 10 rings (SSSR count). The van der Waals surface area contributed by atoms with Gasteiger partial charge in [-0.05, 0) is 99.4 Å². The maximum atomic E-state index is 6.56. The molecule has 2 aromatic heterocycles. The lowest BCUT2D eigenvalue weighted by Crippen LogP contribution is -2.09. The van der Waals surface area contributed by atoms with Crippen molar-refractivity contribution in [3.8, 4) is 11.1 Å². The highest BCUT2D eigenvalue weighted by Gasteiger charge is 2.19. The molecule has 0 amide bonds. The summed E-state index contributed by atoms with van der Waals surface area (Å²) >= 11 is 0. The van der Waals surface area contributed by atoms with Crippen LogP contribution in [0.2, 0.25) is 0 Å². The van der Waals surface area contributed by atoms with Crippen molar-refractivity contribution in [3.05, 3.63) is 164 Å². The monoisotopic (exact) mass is 601 g/mol. The van der Waals surface area contributed by atoms with Gasteiger partial charge in [-0.1, -0.05) is 91.0 Å². The van der Waals surface area contributed by atoms with Crippen molar-refractivity contribution in [2.75, 3.05) is 4.90 Å². The standard InChI is InChI=1S/C44H27NO2/c1-2-12-34(13-3-1)45(35-18-16-29(17-19-35)33-15-14-28-8-4-5-9-30(28)24-33)36-20-21-38-42(27-36)46-40-23-22-37-39-25-31-10-6-7-11-32(31)26-41(39)47-44(37)43(38)40/h1-27H. The smallest absolute Gasteiger partial charge is 0.147 e. The Balaban J connectivity index is 1.10. The highest BCUT2D eigenvalue weighted by Crippen LogP contribution is 2.43. The van der Waals surface area contributed by atoms with Gasteiger partial charge in [-0.25, -0.2) is 0 Å². The lowest BCUT2D eigenvalue weighted by Gasteiger charge is -2.25. The van der Waals surface area contributed by atoms with Crippen LogP contribution in [0, 0.1) is 0 Å². The van der Waals surface area contributed by atoms with Gasteiger partial charge in [-0.3, -0.25) is 0 Å². The third-order valence-electron chi connectivity index (χ3n) is 9.40. The van der Waals surface area contributed by atoms with Gasteiger partial charge in [0.25, 0.3) is 0 Å². The van der Waals surface area contributed by atoms with Crippen LogP contribution >= 0.6 is 0 Å². The predicted molar refractivity (Wildman–Crippen MR) is 196 cm³/mol. The average molecular weight is 602 g/mol. The summed E-state index contributed by atoms with van der Waals surface area (Å²) in [6.07, 6.45) is 0. The lowest BCUT2D eigenvalue weighted by molar-refractivity contribution is 0.663. The molecule has 8 aromatic carbocycles. The average Bonchev–Trinajstić information content (AvgIpc) is 3.68. The highest BCUT2D eigenvalue weighted by atomic mass is 16.3. The van der Waals surface area contributed by atoms with Crippen molar-refractivity contribution in [2.24, 2.45) is 0 Å². The maximum Gasteiger partial charge on any atom is 0.147 e. The minimum Gasteiger partial charge on any atom is -0.456 e. The Kier molecular flexibility index (Phi) is 5.57. The number of furan rings is 2. The van der Waals surface area contributed by atoms with E-state index in [1.807, 2.05) is 0 Å². The van der Waals surface area contributed by atoms with Crippen LogP contribution in [0.5, 0.6) is 0 Å². The number of fused-ring (bicyclic) bond motifs is 9. The molecule has 220 valence electrons. The first kappa shape index (κ1) is 26.0. The largest absolute Gasteiger partial charge is 0.456 e. The molecule has 0 spiro atoms. The van der Waals surface area contributed by atoms with E-state index in [1.165, 1.54) is 32.7 Å². The van der Waals surface area contributed by atoms with Gasteiger partial charge >= 0.3 is 0 Å².